The minimum absolute atomic E-state index is 0.109. The Kier molecular flexibility index (Phi) is 4.02. The van der Waals surface area contributed by atoms with Gasteiger partial charge in [0.1, 0.15) is 0 Å². The Hall–Kier alpha value is -1.25. The molecule has 0 bridgehead atoms. The molecule has 0 saturated carbocycles. The molecule has 0 fully saturated rings. The van der Waals surface area contributed by atoms with Crippen LogP contribution in [0.3, 0.4) is 0 Å². The molecular weight excluding hydrogens is 358 g/mol. The van der Waals surface area contributed by atoms with Crippen molar-refractivity contribution in [2.45, 2.75) is 13.5 Å². The predicted molar refractivity (Wildman–Crippen MR) is 76.0 cm³/mol. The lowest BCUT2D eigenvalue weighted by Crippen LogP contribution is -2.22. The van der Waals surface area contributed by atoms with Gasteiger partial charge >= 0.3 is 0 Å². The van der Waals surface area contributed by atoms with Crippen LogP contribution in [-0.2, 0) is 6.54 Å². The van der Waals surface area contributed by atoms with Crippen LogP contribution in [-0.4, -0.2) is 14.5 Å². The summed E-state index contributed by atoms with van der Waals surface area (Å²) in [6.45, 7) is 1.72. The molecule has 19 heavy (non-hydrogen) atoms. The van der Waals surface area contributed by atoms with Crippen molar-refractivity contribution in [1.82, 2.24) is 9.55 Å². The summed E-state index contributed by atoms with van der Waals surface area (Å²) >= 11 is 10.0. The van der Waals surface area contributed by atoms with Gasteiger partial charge < -0.3 is 4.57 Å². The van der Waals surface area contributed by atoms with Gasteiger partial charge in [-0.05, 0) is 22.9 Å². The fourth-order valence-electron chi connectivity index (χ4n) is 1.53. The maximum atomic E-state index is 12.0. The minimum atomic E-state index is -0.518. The van der Waals surface area contributed by atoms with E-state index in [2.05, 4.69) is 20.9 Å². The fraction of sp³-hybridized carbons (Fsp3) is 0.200. The first-order valence-electron chi connectivity index (χ1n) is 5.04. The normalized spacial score (nSPS) is 10.7. The van der Waals surface area contributed by atoms with E-state index < -0.39 is 4.92 Å². The van der Waals surface area contributed by atoms with Crippen molar-refractivity contribution in [2.24, 2.45) is 0 Å². The summed E-state index contributed by atoms with van der Waals surface area (Å²) in [7, 11) is 0. The molecule has 0 amide bonds. The molecule has 6 nitrogen and oxygen atoms in total. The van der Waals surface area contributed by atoms with E-state index in [9.17, 15) is 14.9 Å². The number of nitro groups is 1. The maximum absolute atomic E-state index is 12.0. The van der Waals surface area contributed by atoms with Crippen molar-refractivity contribution < 1.29 is 4.92 Å². The molecule has 0 atom stereocenters. The first-order valence-corrected chi connectivity index (χ1v) is 7.03. The SMILES string of the molecule is Cc1c([N+](=O)[O-])cn(Cc2cnc(Cl)s2)c(=O)c1Br. The molecule has 0 aromatic carbocycles. The first kappa shape index (κ1) is 14.2. The van der Waals surface area contributed by atoms with E-state index in [1.54, 1.807) is 6.20 Å². The highest BCUT2D eigenvalue weighted by molar-refractivity contribution is 9.10. The van der Waals surface area contributed by atoms with Crippen LogP contribution >= 0.6 is 38.9 Å². The highest BCUT2D eigenvalue weighted by Crippen LogP contribution is 2.24. The molecule has 9 heteroatoms. The van der Waals surface area contributed by atoms with Gasteiger partial charge in [-0.2, -0.15) is 0 Å². The largest absolute Gasteiger partial charge is 0.302 e. The second kappa shape index (κ2) is 5.40. The van der Waals surface area contributed by atoms with Crippen LogP contribution in [0.1, 0.15) is 10.4 Å². The number of nitrogens with zero attached hydrogens (tertiary/aromatic N) is 3. The smallest absolute Gasteiger partial charge is 0.289 e. The molecule has 2 aromatic rings. The predicted octanol–water partition coefficient (Wildman–Crippen LogP) is 2.99. The average molecular weight is 365 g/mol. The van der Waals surface area contributed by atoms with Crippen LogP contribution in [0.25, 0.3) is 0 Å². The molecular formula is C10H7BrClN3O3S. The number of hydrogen-bond donors (Lipinski definition) is 0. The molecule has 0 unspecified atom stereocenters. The summed E-state index contributed by atoms with van der Waals surface area (Å²) in [6, 6.07) is 0. The Balaban J connectivity index is 2.51. The fourth-order valence-corrected chi connectivity index (χ4v) is 2.94. The van der Waals surface area contributed by atoms with E-state index in [-0.39, 0.29) is 22.3 Å². The van der Waals surface area contributed by atoms with Crippen LogP contribution in [0.15, 0.2) is 21.7 Å². The Morgan fingerprint density at radius 1 is 1.63 bits per heavy atom. The zero-order valence-electron chi connectivity index (χ0n) is 9.59. The van der Waals surface area contributed by atoms with Gasteiger partial charge in [0.05, 0.1) is 22.1 Å². The molecule has 0 aliphatic heterocycles. The lowest BCUT2D eigenvalue weighted by Gasteiger charge is -2.07. The topological polar surface area (TPSA) is 78.0 Å². The van der Waals surface area contributed by atoms with Gasteiger partial charge in [0, 0.05) is 16.6 Å². The summed E-state index contributed by atoms with van der Waals surface area (Å²) in [6.07, 6.45) is 2.77. The van der Waals surface area contributed by atoms with Crippen molar-refractivity contribution in [3.63, 3.8) is 0 Å². The molecule has 0 N–H and O–H groups in total. The molecule has 0 aliphatic rings. The molecule has 0 radical (unpaired) electrons. The van der Waals surface area contributed by atoms with E-state index in [1.165, 1.54) is 29.0 Å². The van der Waals surface area contributed by atoms with Gasteiger partial charge in [-0.3, -0.25) is 14.9 Å². The van der Waals surface area contributed by atoms with E-state index in [0.717, 1.165) is 4.88 Å². The third-order valence-electron chi connectivity index (χ3n) is 2.49. The van der Waals surface area contributed by atoms with Crippen LogP contribution in [0, 0.1) is 17.0 Å². The van der Waals surface area contributed by atoms with E-state index in [1.807, 2.05) is 0 Å². The van der Waals surface area contributed by atoms with Gasteiger partial charge in [0.15, 0.2) is 4.47 Å². The number of hydrogen-bond acceptors (Lipinski definition) is 5. The summed E-state index contributed by atoms with van der Waals surface area (Å²) in [4.78, 5) is 27.0. The second-order valence-electron chi connectivity index (χ2n) is 3.72. The van der Waals surface area contributed by atoms with Crippen LogP contribution in [0.4, 0.5) is 5.69 Å². The summed E-state index contributed by atoms with van der Waals surface area (Å²) < 4.78 is 1.82. The summed E-state index contributed by atoms with van der Waals surface area (Å²) in [5, 5.41) is 10.9. The molecule has 0 aliphatic carbocycles. The first-order chi connectivity index (χ1) is 8.90. The summed E-state index contributed by atoms with van der Waals surface area (Å²) in [5.74, 6) is 0. The van der Waals surface area contributed by atoms with E-state index in [0.29, 0.717) is 10.0 Å². The van der Waals surface area contributed by atoms with Crippen molar-refractivity contribution in [2.75, 3.05) is 0 Å². The monoisotopic (exact) mass is 363 g/mol. The van der Waals surface area contributed by atoms with Crippen molar-refractivity contribution in [3.05, 3.63) is 52.2 Å². The third kappa shape index (κ3) is 2.85. The van der Waals surface area contributed by atoms with Crippen LogP contribution in [0.5, 0.6) is 0 Å². The molecule has 2 rings (SSSR count). The van der Waals surface area contributed by atoms with E-state index in [4.69, 9.17) is 11.6 Å². The van der Waals surface area contributed by atoms with Crippen LogP contribution in [0.2, 0.25) is 4.47 Å². The maximum Gasteiger partial charge on any atom is 0.289 e. The minimum Gasteiger partial charge on any atom is -0.302 e. The standard InChI is InChI=1S/C10H7BrClN3O3S/c1-5-7(15(17)18)4-14(9(16)8(5)11)3-6-2-13-10(12)19-6/h2,4H,3H2,1H3. The summed E-state index contributed by atoms with van der Waals surface area (Å²) in [5.41, 5.74) is -0.122. The lowest BCUT2D eigenvalue weighted by atomic mass is 10.2. The van der Waals surface area contributed by atoms with Crippen molar-refractivity contribution in [1.29, 1.82) is 0 Å². The van der Waals surface area contributed by atoms with Gasteiger partial charge in [-0.25, -0.2) is 4.98 Å². The lowest BCUT2D eigenvalue weighted by molar-refractivity contribution is -0.386. The average Bonchev–Trinajstić information content (AvgIpc) is 2.75. The Bertz CT molecular complexity index is 713. The van der Waals surface area contributed by atoms with Gasteiger partial charge in [-0.15, -0.1) is 11.3 Å². The van der Waals surface area contributed by atoms with Crippen LogP contribution < -0.4 is 5.56 Å². The molecule has 2 aromatic heterocycles. The quantitative estimate of drug-likeness (QED) is 0.619. The zero-order valence-corrected chi connectivity index (χ0v) is 12.8. The molecule has 100 valence electrons. The number of pyridine rings is 1. The number of thiazole rings is 1. The second-order valence-corrected chi connectivity index (χ2v) is 6.21. The number of halogens is 2. The highest BCUT2D eigenvalue weighted by Gasteiger charge is 2.18. The highest BCUT2D eigenvalue weighted by atomic mass is 79.9. The Labute approximate surface area is 124 Å². The Morgan fingerprint density at radius 2 is 2.32 bits per heavy atom. The van der Waals surface area contributed by atoms with E-state index >= 15 is 0 Å². The van der Waals surface area contributed by atoms with Gasteiger partial charge in [0.25, 0.3) is 11.2 Å². The third-order valence-corrected chi connectivity index (χ3v) is 4.52. The number of rotatable bonds is 3. The number of aromatic nitrogens is 2. The molecule has 0 spiro atoms. The zero-order chi connectivity index (χ0) is 14.2. The van der Waals surface area contributed by atoms with Gasteiger partial charge in [0.2, 0.25) is 0 Å². The Morgan fingerprint density at radius 3 is 2.84 bits per heavy atom. The molecule has 2 heterocycles. The van der Waals surface area contributed by atoms with Crippen molar-refractivity contribution in [3.8, 4) is 0 Å². The molecule has 0 saturated heterocycles. The van der Waals surface area contributed by atoms with Crippen molar-refractivity contribution >= 4 is 44.6 Å². The van der Waals surface area contributed by atoms with Gasteiger partial charge in [-0.1, -0.05) is 11.6 Å².